The van der Waals surface area contributed by atoms with Gasteiger partial charge >= 0.3 is 12.4 Å². The minimum atomic E-state index is -5.10. The van der Waals surface area contributed by atoms with Crippen molar-refractivity contribution in [1.29, 1.82) is 0 Å². The topological polar surface area (TPSA) is 22.2 Å². The van der Waals surface area contributed by atoms with Gasteiger partial charge in [0.05, 0.1) is 12.3 Å². The molecule has 3 nitrogen and oxygen atoms in total. The fourth-order valence-corrected chi connectivity index (χ4v) is 2.66. The summed E-state index contributed by atoms with van der Waals surface area (Å²) in [4.78, 5) is 3.13. The summed E-state index contributed by atoms with van der Waals surface area (Å²) in [5.74, 6) is -2.41. The molecule has 11 heteroatoms. The van der Waals surface area contributed by atoms with Crippen molar-refractivity contribution in [1.82, 2.24) is 9.78 Å². The number of nitrogens with zero attached hydrogens (tertiary/aromatic N) is 3. The van der Waals surface area contributed by atoms with Crippen molar-refractivity contribution in [3.8, 4) is 5.69 Å². The van der Waals surface area contributed by atoms with E-state index in [4.69, 9.17) is 6.57 Å². The van der Waals surface area contributed by atoms with Crippen LogP contribution in [0.2, 0.25) is 0 Å². The van der Waals surface area contributed by atoms with Crippen molar-refractivity contribution < 1.29 is 35.1 Å². The fraction of sp³-hybridized carbons (Fsp3) is 0.100. The maximum Gasteiger partial charge on any atom is 0.435 e. The molecular formula is C20H9F8N3. The Morgan fingerprint density at radius 3 is 2.13 bits per heavy atom. The molecular weight excluding hydrogens is 434 g/mol. The third-order valence-electron chi connectivity index (χ3n) is 4.08. The largest absolute Gasteiger partial charge is 0.435 e. The highest BCUT2D eigenvalue weighted by atomic mass is 19.4. The molecule has 0 atom stereocenters. The van der Waals surface area contributed by atoms with Gasteiger partial charge in [-0.2, -0.15) is 31.4 Å². The molecule has 1 aromatic heterocycles. The highest BCUT2D eigenvalue weighted by molar-refractivity contribution is 5.85. The lowest BCUT2D eigenvalue weighted by Crippen LogP contribution is -2.13. The van der Waals surface area contributed by atoms with Gasteiger partial charge in [0.1, 0.15) is 5.69 Å². The molecule has 2 aromatic carbocycles. The van der Waals surface area contributed by atoms with E-state index in [1.54, 1.807) is 0 Å². The van der Waals surface area contributed by atoms with Gasteiger partial charge in [0.25, 0.3) is 0 Å². The highest BCUT2D eigenvalue weighted by Crippen LogP contribution is 2.36. The lowest BCUT2D eigenvalue weighted by Gasteiger charge is -2.10. The summed E-state index contributed by atoms with van der Waals surface area (Å²) in [6, 6.07) is 7.65. The minimum absolute atomic E-state index is 0.0996. The van der Waals surface area contributed by atoms with Crippen LogP contribution in [0.5, 0.6) is 0 Å². The smallest absolute Gasteiger partial charge is 0.237 e. The molecule has 0 fully saturated rings. The SMILES string of the molecule is [C-]#[N+]/C(=C\c1ccc(-n2nc(C(F)(F)F)cc2C(F)(F)F)cc1)c1cccc(F)c1F. The number of hydrogen-bond acceptors (Lipinski definition) is 1. The second-order valence-corrected chi connectivity index (χ2v) is 6.16. The lowest BCUT2D eigenvalue weighted by molar-refractivity contribution is -0.143. The number of hydrogen-bond donors (Lipinski definition) is 0. The second kappa shape index (κ2) is 7.86. The van der Waals surface area contributed by atoms with E-state index in [1.807, 2.05) is 0 Å². The van der Waals surface area contributed by atoms with Crippen LogP contribution < -0.4 is 0 Å². The number of aromatic nitrogens is 2. The van der Waals surface area contributed by atoms with Crippen molar-refractivity contribution in [3.05, 3.63) is 94.1 Å². The number of halogens is 8. The molecule has 31 heavy (non-hydrogen) atoms. The van der Waals surface area contributed by atoms with Gasteiger partial charge in [0.15, 0.2) is 23.0 Å². The van der Waals surface area contributed by atoms with Crippen molar-refractivity contribution in [2.24, 2.45) is 0 Å². The Morgan fingerprint density at radius 1 is 0.935 bits per heavy atom. The molecule has 0 spiro atoms. The normalized spacial score (nSPS) is 12.7. The van der Waals surface area contributed by atoms with Gasteiger partial charge in [0.2, 0.25) is 0 Å². The van der Waals surface area contributed by atoms with E-state index in [-0.39, 0.29) is 33.3 Å². The van der Waals surface area contributed by atoms with E-state index in [1.165, 1.54) is 24.3 Å². The number of rotatable bonds is 3. The Kier molecular flexibility index (Phi) is 5.59. The van der Waals surface area contributed by atoms with Crippen molar-refractivity contribution >= 4 is 11.8 Å². The third kappa shape index (κ3) is 4.58. The molecule has 0 aliphatic carbocycles. The van der Waals surface area contributed by atoms with Crippen LogP contribution in [0.25, 0.3) is 22.3 Å². The Labute approximate surface area is 169 Å². The Bertz CT molecular complexity index is 1180. The zero-order valence-electron chi connectivity index (χ0n) is 15.1. The number of benzene rings is 2. The highest BCUT2D eigenvalue weighted by Gasteiger charge is 2.42. The van der Waals surface area contributed by atoms with Gasteiger partial charge in [-0.25, -0.2) is 18.3 Å². The first-order valence-corrected chi connectivity index (χ1v) is 8.30. The van der Waals surface area contributed by atoms with Crippen LogP contribution in [0.15, 0.2) is 48.5 Å². The monoisotopic (exact) mass is 443 g/mol. The van der Waals surface area contributed by atoms with E-state index in [0.29, 0.717) is 0 Å². The molecule has 1 heterocycles. The summed E-state index contributed by atoms with van der Waals surface area (Å²) >= 11 is 0. The molecule has 0 saturated carbocycles. The Balaban J connectivity index is 2.02. The lowest BCUT2D eigenvalue weighted by atomic mass is 10.1. The average Bonchev–Trinajstić information content (AvgIpc) is 3.15. The van der Waals surface area contributed by atoms with E-state index in [9.17, 15) is 35.1 Å². The molecule has 3 aromatic rings. The van der Waals surface area contributed by atoms with E-state index < -0.39 is 35.4 Å². The van der Waals surface area contributed by atoms with Crippen LogP contribution in [0, 0.1) is 18.2 Å². The molecule has 0 bridgehead atoms. The van der Waals surface area contributed by atoms with Gasteiger partial charge in [-0.3, -0.25) is 0 Å². The quantitative estimate of drug-likeness (QED) is 0.254. The van der Waals surface area contributed by atoms with Gasteiger partial charge in [-0.1, -0.05) is 24.3 Å². The molecule has 160 valence electrons. The van der Waals surface area contributed by atoms with E-state index in [2.05, 4.69) is 9.94 Å². The molecule has 0 radical (unpaired) electrons. The first-order chi connectivity index (χ1) is 14.4. The summed E-state index contributed by atoms with van der Waals surface area (Å²) in [5.41, 5.74) is -4.02. The van der Waals surface area contributed by atoms with Crippen LogP contribution >= 0.6 is 0 Å². The van der Waals surface area contributed by atoms with Crippen LogP contribution in [-0.2, 0) is 12.4 Å². The fourth-order valence-electron chi connectivity index (χ4n) is 2.66. The van der Waals surface area contributed by atoms with Crippen LogP contribution in [0.1, 0.15) is 22.5 Å². The third-order valence-corrected chi connectivity index (χ3v) is 4.08. The van der Waals surface area contributed by atoms with Crippen molar-refractivity contribution in [2.75, 3.05) is 0 Å². The molecule has 0 aliphatic heterocycles. The molecule has 0 saturated heterocycles. The predicted molar refractivity (Wildman–Crippen MR) is 94.4 cm³/mol. The summed E-state index contributed by atoms with van der Waals surface area (Å²) in [7, 11) is 0. The first kappa shape index (κ1) is 22.0. The minimum Gasteiger partial charge on any atom is -0.237 e. The van der Waals surface area contributed by atoms with Crippen LogP contribution in [0.4, 0.5) is 35.1 Å². The predicted octanol–water partition coefficient (Wildman–Crippen LogP) is 6.61. The summed E-state index contributed by atoms with van der Waals surface area (Å²) in [5, 5.41) is 3.01. The summed E-state index contributed by atoms with van der Waals surface area (Å²) in [6.45, 7) is 7.17. The van der Waals surface area contributed by atoms with Crippen LogP contribution in [0.3, 0.4) is 0 Å². The summed E-state index contributed by atoms with van der Waals surface area (Å²) < 4.78 is 105. The van der Waals surface area contributed by atoms with E-state index >= 15 is 0 Å². The maximum atomic E-state index is 13.9. The van der Waals surface area contributed by atoms with Gasteiger partial charge in [0, 0.05) is 11.6 Å². The number of alkyl halides is 6. The standard InChI is InChI=1S/C20H9F8N3/c1-29-15(13-3-2-4-14(21)18(13)22)9-11-5-7-12(8-6-11)31-17(20(26,27)28)10-16(30-31)19(23,24)25/h2-10H/b15-9-. The summed E-state index contributed by atoms with van der Waals surface area (Å²) in [6.07, 6.45) is -9.02. The average molecular weight is 443 g/mol. The molecule has 0 amide bonds. The van der Waals surface area contributed by atoms with Crippen molar-refractivity contribution in [2.45, 2.75) is 12.4 Å². The Morgan fingerprint density at radius 2 is 1.58 bits per heavy atom. The maximum absolute atomic E-state index is 13.9. The second-order valence-electron chi connectivity index (χ2n) is 6.16. The molecule has 0 unspecified atom stereocenters. The molecule has 3 rings (SSSR count). The van der Waals surface area contributed by atoms with E-state index in [0.717, 1.165) is 24.3 Å². The van der Waals surface area contributed by atoms with Crippen LogP contribution in [-0.4, -0.2) is 9.78 Å². The Hall–Kier alpha value is -3.68. The molecule has 0 N–H and O–H groups in total. The van der Waals surface area contributed by atoms with Gasteiger partial charge < -0.3 is 0 Å². The zero-order chi connectivity index (χ0) is 23.0. The first-order valence-electron chi connectivity index (χ1n) is 8.30. The zero-order valence-corrected chi connectivity index (χ0v) is 15.1. The van der Waals surface area contributed by atoms with Gasteiger partial charge in [-0.15, -0.1) is 0 Å². The molecule has 0 aliphatic rings. The van der Waals surface area contributed by atoms with Crippen molar-refractivity contribution in [3.63, 3.8) is 0 Å². The van der Waals surface area contributed by atoms with Gasteiger partial charge in [-0.05, 0) is 29.8 Å².